The van der Waals surface area contributed by atoms with Gasteiger partial charge >= 0.3 is 5.97 Å². The van der Waals surface area contributed by atoms with E-state index < -0.39 is 27.9 Å². The summed E-state index contributed by atoms with van der Waals surface area (Å²) in [5.41, 5.74) is 0.254. The summed E-state index contributed by atoms with van der Waals surface area (Å²) < 4.78 is 26.6. The van der Waals surface area contributed by atoms with Crippen molar-refractivity contribution in [3.05, 3.63) is 29.8 Å². The molecule has 2 aliphatic rings. The molecule has 0 bridgehead atoms. The minimum absolute atomic E-state index is 0.0137. The van der Waals surface area contributed by atoms with E-state index in [1.165, 1.54) is 28.6 Å². The quantitative estimate of drug-likeness (QED) is 0.793. The fraction of sp³-hybridized carbons (Fsp3) is 0.529. The fourth-order valence-electron chi connectivity index (χ4n) is 3.07. The number of hydrogen-bond donors (Lipinski definition) is 2. The van der Waals surface area contributed by atoms with E-state index in [1.54, 1.807) is 0 Å². The van der Waals surface area contributed by atoms with Gasteiger partial charge in [0.15, 0.2) is 0 Å². The van der Waals surface area contributed by atoms with Gasteiger partial charge in [-0.3, -0.25) is 4.79 Å². The number of carbonyl (C=O) groups excluding carboxylic acids is 1. The number of rotatable bonds is 6. The zero-order valence-corrected chi connectivity index (χ0v) is 14.7. The predicted molar refractivity (Wildman–Crippen MR) is 90.7 cm³/mol. The van der Waals surface area contributed by atoms with E-state index in [0.29, 0.717) is 13.1 Å². The zero-order valence-electron chi connectivity index (χ0n) is 13.8. The van der Waals surface area contributed by atoms with E-state index in [4.69, 9.17) is 0 Å². The molecule has 0 aromatic heterocycles. The maximum atomic E-state index is 12.6. The molecular weight excluding hydrogens is 344 g/mol. The summed E-state index contributed by atoms with van der Waals surface area (Å²) in [6, 6.07) is 4.79. The Labute approximate surface area is 147 Å². The van der Waals surface area contributed by atoms with Crippen LogP contribution >= 0.6 is 0 Å². The van der Waals surface area contributed by atoms with Crippen LogP contribution in [0.3, 0.4) is 0 Å². The normalized spacial score (nSPS) is 20.0. The Morgan fingerprint density at radius 3 is 2.20 bits per heavy atom. The lowest BCUT2D eigenvalue weighted by atomic mass is 10.1. The van der Waals surface area contributed by atoms with E-state index in [1.807, 2.05) is 0 Å². The van der Waals surface area contributed by atoms with Gasteiger partial charge in [0.05, 0.1) is 4.90 Å². The van der Waals surface area contributed by atoms with Crippen molar-refractivity contribution in [3.8, 4) is 0 Å². The first-order chi connectivity index (χ1) is 11.9. The number of piperidine rings is 1. The molecule has 25 heavy (non-hydrogen) atoms. The fourth-order valence-corrected chi connectivity index (χ4v) is 4.59. The second kappa shape index (κ2) is 7.13. The summed E-state index contributed by atoms with van der Waals surface area (Å²) in [6.07, 6.45) is 4.35. The Balaban J connectivity index is 1.71. The van der Waals surface area contributed by atoms with Crippen LogP contribution in [0.2, 0.25) is 0 Å². The van der Waals surface area contributed by atoms with E-state index in [0.717, 1.165) is 32.1 Å². The molecule has 1 heterocycles. The minimum Gasteiger partial charge on any atom is -0.480 e. The number of amides is 1. The maximum absolute atomic E-state index is 12.6. The molecule has 1 amide bonds. The maximum Gasteiger partial charge on any atom is 0.326 e. The third kappa shape index (κ3) is 4.01. The van der Waals surface area contributed by atoms with Crippen LogP contribution in [0.4, 0.5) is 0 Å². The summed E-state index contributed by atoms with van der Waals surface area (Å²) in [4.78, 5) is 23.6. The number of carbonyl (C=O) groups is 2. The average molecular weight is 366 g/mol. The first kappa shape index (κ1) is 17.9. The molecule has 1 aliphatic carbocycles. The van der Waals surface area contributed by atoms with Crippen LogP contribution < -0.4 is 5.32 Å². The smallest absolute Gasteiger partial charge is 0.326 e. The molecule has 3 rings (SSSR count). The van der Waals surface area contributed by atoms with Gasteiger partial charge in [0, 0.05) is 18.7 Å². The van der Waals surface area contributed by atoms with Crippen LogP contribution in [0, 0.1) is 5.92 Å². The second-order valence-corrected chi connectivity index (χ2v) is 8.55. The summed E-state index contributed by atoms with van der Waals surface area (Å²) in [6.45, 7) is 1.04. The highest BCUT2D eigenvalue weighted by Gasteiger charge is 2.37. The van der Waals surface area contributed by atoms with Gasteiger partial charge in [-0.05, 0) is 55.9 Å². The van der Waals surface area contributed by atoms with Gasteiger partial charge in [-0.1, -0.05) is 6.42 Å². The van der Waals surface area contributed by atoms with Gasteiger partial charge in [0.25, 0.3) is 5.91 Å². The average Bonchev–Trinajstić information content (AvgIpc) is 3.45. The van der Waals surface area contributed by atoms with Crippen molar-refractivity contribution in [3.63, 3.8) is 0 Å². The summed E-state index contributed by atoms with van der Waals surface area (Å²) in [5, 5.41) is 11.7. The van der Waals surface area contributed by atoms with Gasteiger partial charge in [0.2, 0.25) is 10.0 Å². The molecule has 7 nitrogen and oxygen atoms in total. The van der Waals surface area contributed by atoms with Crippen molar-refractivity contribution < 1.29 is 23.1 Å². The molecule has 1 aliphatic heterocycles. The van der Waals surface area contributed by atoms with Crippen LogP contribution in [-0.4, -0.2) is 48.8 Å². The number of aliphatic carboxylic acids is 1. The first-order valence-corrected chi connectivity index (χ1v) is 9.97. The van der Waals surface area contributed by atoms with Crippen molar-refractivity contribution in [2.45, 2.75) is 43.0 Å². The number of nitrogens with one attached hydrogen (secondary N) is 1. The lowest BCUT2D eigenvalue weighted by molar-refractivity contribution is -0.139. The molecule has 1 aromatic rings. The van der Waals surface area contributed by atoms with E-state index in [2.05, 4.69) is 5.32 Å². The third-order valence-electron chi connectivity index (χ3n) is 4.72. The molecule has 2 N–H and O–H groups in total. The van der Waals surface area contributed by atoms with E-state index in [-0.39, 0.29) is 16.4 Å². The van der Waals surface area contributed by atoms with E-state index in [9.17, 15) is 23.1 Å². The molecule has 1 saturated heterocycles. The topological polar surface area (TPSA) is 104 Å². The minimum atomic E-state index is -3.54. The number of nitrogens with zero attached hydrogens (tertiary/aromatic N) is 1. The summed E-state index contributed by atoms with van der Waals surface area (Å²) >= 11 is 0. The van der Waals surface area contributed by atoms with Crippen LogP contribution in [0.25, 0.3) is 0 Å². The van der Waals surface area contributed by atoms with Crippen molar-refractivity contribution in [2.24, 2.45) is 5.92 Å². The van der Waals surface area contributed by atoms with Gasteiger partial charge in [-0.25, -0.2) is 13.2 Å². The van der Waals surface area contributed by atoms with Crippen molar-refractivity contribution in [1.29, 1.82) is 0 Å². The second-order valence-electron chi connectivity index (χ2n) is 6.62. The zero-order chi connectivity index (χ0) is 18.0. The highest BCUT2D eigenvalue weighted by atomic mass is 32.2. The van der Waals surface area contributed by atoms with Gasteiger partial charge in [-0.2, -0.15) is 4.31 Å². The van der Waals surface area contributed by atoms with Crippen molar-refractivity contribution >= 4 is 21.9 Å². The van der Waals surface area contributed by atoms with Crippen LogP contribution in [0.1, 0.15) is 42.5 Å². The third-order valence-corrected chi connectivity index (χ3v) is 6.63. The standard InChI is InChI=1S/C17H22N2O5S/c20-16(18-15(17(21)22)12-4-5-12)13-6-8-14(9-7-13)25(23,24)19-10-2-1-3-11-19/h6-9,12,15H,1-5,10-11H2,(H,18,20)(H,21,22). The van der Waals surface area contributed by atoms with Gasteiger partial charge < -0.3 is 10.4 Å². The molecule has 1 atom stereocenters. The highest BCUT2D eigenvalue weighted by molar-refractivity contribution is 7.89. The van der Waals surface area contributed by atoms with Crippen LogP contribution in [0.15, 0.2) is 29.2 Å². The van der Waals surface area contributed by atoms with Crippen molar-refractivity contribution in [2.75, 3.05) is 13.1 Å². The Hall–Kier alpha value is -1.93. The SMILES string of the molecule is O=C(NC(C(=O)O)C1CC1)c1ccc(S(=O)(=O)N2CCCCC2)cc1. The molecule has 1 aromatic carbocycles. The van der Waals surface area contributed by atoms with E-state index >= 15 is 0 Å². The molecular formula is C17H22N2O5S. The van der Waals surface area contributed by atoms with Gasteiger partial charge in [-0.15, -0.1) is 0 Å². The molecule has 1 unspecified atom stereocenters. The number of benzene rings is 1. The predicted octanol–water partition coefficient (Wildman–Crippen LogP) is 1.45. The van der Waals surface area contributed by atoms with Crippen LogP contribution in [0.5, 0.6) is 0 Å². The first-order valence-electron chi connectivity index (χ1n) is 8.53. The Kier molecular flexibility index (Phi) is 5.10. The Bertz CT molecular complexity index is 750. The lowest BCUT2D eigenvalue weighted by Gasteiger charge is -2.25. The lowest BCUT2D eigenvalue weighted by Crippen LogP contribution is -2.42. The molecule has 2 fully saturated rings. The van der Waals surface area contributed by atoms with Crippen molar-refractivity contribution in [1.82, 2.24) is 9.62 Å². The Morgan fingerprint density at radius 1 is 1.08 bits per heavy atom. The largest absolute Gasteiger partial charge is 0.480 e. The highest BCUT2D eigenvalue weighted by Crippen LogP contribution is 2.33. The molecule has 8 heteroatoms. The number of sulfonamides is 1. The summed E-state index contributed by atoms with van der Waals surface area (Å²) in [7, 11) is -3.54. The molecule has 0 spiro atoms. The van der Waals surface area contributed by atoms with Gasteiger partial charge in [0.1, 0.15) is 6.04 Å². The summed E-state index contributed by atoms with van der Waals surface area (Å²) in [5.74, 6) is -1.55. The number of hydrogen-bond acceptors (Lipinski definition) is 4. The monoisotopic (exact) mass is 366 g/mol. The molecule has 136 valence electrons. The Morgan fingerprint density at radius 2 is 1.68 bits per heavy atom. The number of carboxylic acid groups (broad SMARTS) is 1. The number of carboxylic acids is 1. The van der Waals surface area contributed by atoms with Crippen LogP contribution in [-0.2, 0) is 14.8 Å². The molecule has 0 radical (unpaired) electrons. The molecule has 1 saturated carbocycles.